The molecular formula is C13H12F3IS. The van der Waals surface area contributed by atoms with Gasteiger partial charge in [-0.1, -0.05) is 18.6 Å². The zero-order valence-electron chi connectivity index (χ0n) is 9.51. The van der Waals surface area contributed by atoms with Crippen LogP contribution in [0.15, 0.2) is 30.3 Å². The summed E-state index contributed by atoms with van der Waals surface area (Å²) < 4.78 is 40.0. The molecule has 0 saturated heterocycles. The Kier molecular flexibility index (Phi) is 3.92. The largest absolute Gasteiger partial charge is 1.00 e. The first kappa shape index (κ1) is 14.1. The van der Waals surface area contributed by atoms with Gasteiger partial charge in [0.05, 0.1) is 10.5 Å². The molecule has 98 valence electrons. The summed E-state index contributed by atoms with van der Waals surface area (Å²) in [5.74, 6) is 0.160. The van der Waals surface area contributed by atoms with Crippen molar-refractivity contribution in [3.05, 3.63) is 35.2 Å². The summed E-state index contributed by atoms with van der Waals surface area (Å²) in [6.07, 6.45) is 2.90. The molecule has 2 aromatic rings. The Labute approximate surface area is 123 Å². The normalized spacial score (nSPS) is 17.4. The lowest BCUT2D eigenvalue weighted by Crippen LogP contribution is -3.00. The van der Waals surface area contributed by atoms with Crippen molar-refractivity contribution in [1.29, 1.82) is 0 Å². The van der Waals surface area contributed by atoms with Gasteiger partial charge in [-0.3, -0.25) is 0 Å². The van der Waals surface area contributed by atoms with Gasteiger partial charge in [-0.25, -0.2) is 0 Å². The van der Waals surface area contributed by atoms with Gasteiger partial charge in [0.15, 0.2) is 9.58 Å². The molecule has 18 heavy (non-hydrogen) atoms. The van der Waals surface area contributed by atoms with Crippen LogP contribution in [-0.2, 0) is 5.51 Å². The van der Waals surface area contributed by atoms with Gasteiger partial charge in [-0.05, 0) is 25.0 Å². The van der Waals surface area contributed by atoms with E-state index in [0.717, 1.165) is 24.6 Å². The maximum atomic E-state index is 13.2. The Morgan fingerprint density at radius 3 is 2.33 bits per heavy atom. The van der Waals surface area contributed by atoms with Gasteiger partial charge in [0.2, 0.25) is 0 Å². The van der Waals surface area contributed by atoms with Crippen molar-refractivity contribution in [2.24, 2.45) is 0 Å². The molecule has 1 aromatic heterocycles. The fourth-order valence-electron chi connectivity index (χ4n) is 2.36. The highest BCUT2D eigenvalue weighted by atomic mass is 127. The van der Waals surface area contributed by atoms with E-state index in [1.54, 1.807) is 30.3 Å². The number of hydrogen-bond acceptors (Lipinski definition) is 0. The second kappa shape index (κ2) is 5.00. The summed E-state index contributed by atoms with van der Waals surface area (Å²) in [4.78, 5) is 0.616. The first-order valence-corrected chi connectivity index (χ1v) is 6.91. The van der Waals surface area contributed by atoms with Gasteiger partial charge in [-0.15, -0.1) is 13.2 Å². The number of halogens is 4. The minimum Gasteiger partial charge on any atom is -1.00 e. The highest BCUT2D eigenvalue weighted by Gasteiger charge is 2.49. The summed E-state index contributed by atoms with van der Waals surface area (Å²) in [6, 6.07) is 8.68. The molecule has 0 bridgehead atoms. The highest BCUT2D eigenvalue weighted by Crippen LogP contribution is 2.55. The number of rotatable bonds is 1. The van der Waals surface area contributed by atoms with Crippen LogP contribution in [0.5, 0.6) is 0 Å². The van der Waals surface area contributed by atoms with E-state index in [9.17, 15) is 13.2 Å². The molecule has 5 heteroatoms. The number of alkyl halides is 3. The van der Waals surface area contributed by atoms with E-state index in [0.29, 0.717) is 9.58 Å². The van der Waals surface area contributed by atoms with Crippen LogP contribution in [0.1, 0.15) is 30.1 Å². The standard InChI is InChI=1S/C13H12F3S.HI/c14-13(15,16)17-11-7-2-1-4-10(11)8-12(17)9-5-3-6-9;/h1-2,4,7-9H,3,5-6H2;1H/q+1;/p-1. The summed E-state index contributed by atoms with van der Waals surface area (Å²) in [7, 11) is -1.67. The van der Waals surface area contributed by atoms with E-state index in [2.05, 4.69) is 0 Å². The van der Waals surface area contributed by atoms with E-state index in [1.807, 2.05) is 0 Å². The molecule has 1 atom stereocenters. The number of thiophene rings is 1. The van der Waals surface area contributed by atoms with Crippen molar-refractivity contribution < 1.29 is 37.1 Å². The maximum absolute atomic E-state index is 13.2. The van der Waals surface area contributed by atoms with Crippen LogP contribution in [0.2, 0.25) is 0 Å². The summed E-state index contributed by atoms with van der Waals surface area (Å²) in [5.41, 5.74) is -4.13. The zero-order chi connectivity index (χ0) is 12.0. The maximum Gasteiger partial charge on any atom is 0.600 e. The van der Waals surface area contributed by atoms with E-state index < -0.39 is 16.0 Å². The van der Waals surface area contributed by atoms with Crippen molar-refractivity contribution in [2.45, 2.75) is 30.7 Å². The number of fused-ring (bicyclic) bond motifs is 1. The van der Waals surface area contributed by atoms with E-state index in [4.69, 9.17) is 0 Å². The Morgan fingerprint density at radius 2 is 1.78 bits per heavy atom. The first-order valence-electron chi connectivity index (χ1n) is 5.69. The summed E-state index contributed by atoms with van der Waals surface area (Å²) in [5, 5.41) is 0.759. The Balaban J connectivity index is 0.00000120. The third-order valence-corrected chi connectivity index (χ3v) is 5.61. The molecule has 0 nitrogen and oxygen atoms in total. The van der Waals surface area contributed by atoms with Crippen molar-refractivity contribution in [3.8, 4) is 0 Å². The van der Waals surface area contributed by atoms with Gasteiger partial charge < -0.3 is 24.0 Å². The molecule has 1 unspecified atom stereocenters. The predicted octanol–water partition coefficient (Wildman–Crippen LogP) is 2.34. The average Bonchev–Trinajstić information content (AvgIpc) is 2.52. The van der Waals surface area contributed by atoms with Gasteiger partial charge in [0, 0.05) is 17.4 Å². The molecule has 1 fully saturated rings. The minimum atomic E-state index is -4.13. The van der Waals surface area contributed by atoms with E-state index in [-0.39, 0.29) is 29.9 Å². The van der Waals surface area contributed by atoms with E-state index >= 15 is 0 Å². The van der Waals surface area contributed by atoms with Crippen molar-refractivity contribution >= 4 is 20.6 Å². The summed E-state index contributed by atoms with van der Waals surface area (Å²) >= 11 is 0. The lowest BCUT2D eigenvalue weighted by atomic mass is 9.84. The Morgan fingerprint density at radius 1 is 1.11 bits per heavy atom. The molecule has 0 amide bonds. The summed E-state index contributed by atoms with van der Waals surface area (Å²) in [6.45, 7) is 0. The Bertz CT molecular complexity index is 555. The third-order valence-electron chi connectivity index (χ3n) is 3.41. The van der Waals surface area contributed by atoms with Gasteiger partial charge in [-0.2, -0.15) is 0 Å². The van der Waals surface area contributed by atoms with Gasteiger partial charge >= 0.3 is 5.51 Å². The molecule has 3 rings (SSSR count). The lowest BCUT2D eigenvalue weighted by molar-refractivity contribution is -0.0868. The monoisotopic (exact) mass is 384 g/mol. The number of benzene rings is 1. The zero-order valence-corrected chi connectivity index (χ0v) is 12.5. The van der Waals surface area contributed by atoms with Crippen molar-refractivity contribution in [1.82, 2.24) is 0 Å². The SMILES string of the molecule is FC(F)(F)[s+]1c(C2CCC2)cc2ccccc21.[I-]. The van der Waals surface area contributed by atoms with E-state index in [1.165, 1.54) is 0 Å². The lowest BCUT2D eigenvalue weighted by Gasteiger charge is -2.21. The van der Waals surface area contributed by atoms with Crippen LogP contribution in [0.4, 0.5) is 13.2 Å². The minimum absolute atomic E-state index is 0. The smallest absolute Gasteiger partial charge is 0.600 e. The topological polar surface area (TPSA) is 0 Å². The predicted molar refractivity (Wildman–Crippen MR) is 64.3 cm³/mol. The van der Waals surface area contributed by atoms with Crippen LogP contribution in [0.25, 0.3) is 10.1 Å². The fraction of sp³-hybridized carbons (Fsp3) is 0.385. The van der Waals surface area contributed by atoms with Crippen LogP contribution in [0.3, 0.4) is 0 Å². The second-order valence-corrected chi connectivity index (χ2v) is 6.45. The molecule has 1 aliphatic rings. The van der Waals surface area contributed by atoms with Crippen molar-refractivity contribution in [3.63, 3.8) is 0 Å². The Hall–Kier alpha value is -0.300. The molecule has 1 aromatic carbocycles. The van der Waals surface area contributed by atoms with Crippen LogP contribution in [0, 0.1) is 0 Å². The fourth-order valence-corrected chi connectivity index (χ4v) is 4.52. The quantitative estimate of drug-likeness (QED) is 0.523. The molecule has 0 N–H and O–H groups in total. The highest BCUT2D eigenvalue weighted by molar-refractivity contribution is 7.38. The molecule has 1 heterocycles. The molecule has 0 spiro atoms. The van der Waals surface area contributed by atoms with Crippen LogP contribution >= 0.6 is 10.5 Å². The molecule has 1 aliphatic carbocycles. The molecule has 0 aliphatic heterocycles. The van der Waals surface area contributed by atoms with Gasteiger partial charge in [0.1, 0.15) is 0 Å². The molecule has 0 radical (unpaired) electrons. The first-order chi connectivity index (χ1) is 8.07. The van der Waals surface area contributed by atoms with Gasteiger partial charge in [0.25, 0.3) is 0 Å². The third kappa shape index (κ3) is 2.27. The number of hydrogen-bond donors (Lipinski definition) is 0. The average molecular weight is 384 g/mol. The molecule has 1 saturated carbocycles. The van der Waals surface area contributed by atoms with Crippen LogP contribution in [-0.4, -0.2) is 0 Å². The van der Waals surface area contributed by atoms with Crippen LogP contribution < -0.4 is 24.0 Å². The second-order valence-electron chi connectivity index (χ2n) is 4.46. The van der Waals surface area contributed by atoms with Crippen molar-refractivity contribution in [2.75, 3.05) is 0 Å². The molecular weight excluding hydrogens is 372 g/mol.